The summed E-state index contributed by atoms with van der Waals surface area (Å²) in [5, 5.41) is 6.54. The lowest BCUT2D eigenvalue weighted by molar-refractivity contribution is -0.141. The van der Waals surface area contributed by atoms with Gasteiger partial charge in [-0.1, -0.05) is 0 Å². The molecule has 2 aromatic rings. The maximum Gasteiger partial charge on any atom is 0.433 e. The van der Waals surface area contributed by atoms with E-state index in [0.29, 0.717) is 16.2 Å². The summed E-state index contributed by atoms with van der Waals surface area (Å²) < 4.78 is 39.4. The molecule has 2 heterocycles. The minimum atomic E-state index is -4.44. The third-order valence-electron chi connectivity index (χ3n) is 2.50. The smallest absolute Gasteiger partial charge is 0.303 e. The van der Waals surface area contributed by atoms with Crippen molar-refractivity contribution in [3.8, 4) is 11.4 Å². The maximum atomic E-state index is 12.5. The van der Waals surface area contributed by atoms with Gasteiger partial charge in [-0.3, -0.25) is 5.10 Å². The average Bonchev–Trinajstić information content (AvgIpc) is 2.59. The molecule has 0 unspecified atom stereocenters. The SMILES string of the molecule is Cc1nc(C(F)(F)F)ccc1-c1n[nH]c(=S)n1C. The number of pyridine rings is 1. The first-order valence-electron chi connectivity index (χ1n) is 4.97. The van der Waals surface area contributed by atoms with Crippen molar-refractivity contribution in [1.82, 2.24) is 19.7 Å². The summed E-state index contributed by atoms with van der Waals surface area (Å²) >= 11 is 4.95. The first kappa shape index (κ1) is 12.7. The second-order valence-corrected chi connectivity index (χ2v) is 4.13. The van der Waals surface area contributed by atoms with Crippen LogP contribution in [0.4, 0.5) is 13.2 Å². The Hall–Kier alpha value is -1.70. The first-order chi connectivity index (χ1) is 8.30. The lowest BCUT2D eigenvalue weighted by atomic mass is 10.1. The van der Waals surface area contributed by atoms with Gasteiger partial charge in [0.15, 0.2) is 10.6 Å². The summed E-state index contributed by atoms with van der Waals surface area (Å²) in [6.07, 6.45) is -4.44. The van der Waals surface area contributed by atoms with Gasteiger partial charge in [0.2, 0.25) is 0 Å². The van der Waals surface area contributed by atoms with Crippen LogP contribution in [0.15, 0.2) is 12.1 Å². The fraction of sp³-hybridized carbons (Fsp3) is 0.300. The second kappa shape index (κ2) is 4.20. The summed E-state index contributed by atoms with van der Waals surface area (Å²) in [4.78, 5) is 3.54. The number of hydrogen-bond acceptors (Lipinski definition) is 3. The van der Waals surface area contributed by atoms with E-state index >= 15 is 0 Å². The van der Waals surface area contributed by atoms with E-state index in [1.807, 2.05) is 0 Å². The van der Waals surface area contributed by atoms with Crippen molar-refractivity contribution in [3.63, 3.8) is 0 Å². The molecule has 0 aromatic carbocycles. The normalized spacial score (nSPS) is 11.8. The molecule has 0 aliphatic carbocycles. The molecule has 0 spiro atoms. The zero-order chi connectivity index (χ0) is 13.5. The van der Waals surface area contributed by atoms with Crippen molar-refractivity contribution < 1.29 is 13.2 Å². The fourth-order valence-corrected chi connectivity index (χ4v) is 1.68. The van der Waals surface area contributed by atoms with Gasteiger partial charge in [0.05, 0.1) is 0 Å². The van der Waals surface area contributed by atoms with E-state index in [4.69, 9.17) is 12.2 Å². The number of aromatic amines is 1. The van der Waals surface area contributed by atoms with Crippen molar-refractivity contribution in [3.05, 3.63) is 28.3 Å². The zero-order valence-electron chi connectivity index (χ0n) is 9.54. The molecule has 2 rings (SSSR count). The van der Waals surface area contributed by atoms with E-state index in [2.05, 4.69) is 15.2 Å². The van der Waals surface area contributed by atoms with Crippen LogP contribution in [0.3, 0.4) is 0 Å². The van der Waals surface area contributed by atoms with Crippen LogP contribution in [-0.2, 0) is 13.2 Å². The molecule has 1 N–H and O–H groups in total. The monoisotopic (exact) mass is 274 g/mol. The zero-order valence-corrected chi connectivity index (χ0v) is 10.4. The topological polar surface area (TPSA) is 46.5 Å². The van der Waals surface area contributed by atoms with Crippen LogP contribution in [0.5, 0.6) is 0 Å². The lowest BCUT2D eigenvalue weighted by Gasteiger charge is -2.09. The summed E-state index contributed by atoms with van der Waals surface area (Å²) in [5.41, 5.74) is -0.152. The summed E-state index contributed by atoms with van der Waals surface area (Å²) in [5.74, 6) is 0.457. The Kier molecular flexibility index (Phi) is 2.97. The van der Waals surface area contributed by atoms with Gasteiger partial charge in [-0.25, -0.2) is 4.98 Å². The van der Waals surface area contributed by atoms with Gasteiger partial charge in [0.1, 0.15) is 5.69 Å². The van der Waals surface area contributed by atoms with Gasteiger partial charge in [-0.2, -0.15) is 18.3 Å². The van der Waals surface area contributed by atoms with Crippen LogP contribution in [0, 0.1) is 11.7 Å². The standard InChI is InChI=1S/C10H9F3N4S/c1-5-6(8-15-16-9(18)17(8)2)3-4-7(14-5)10(11,12)13/h3-4H,1-2H3,(H,16,18). The van der Waals surface area contributed by atoms with Gasteiger partial charge >= 0.3 is 6.18 Å². The number of nitrogens with zero attached hydrogens (tertiary/aromatic N) is 3. The molecule has 0 amide bonds. The summed E-state index contributed by atoms with van der Waals surface area (Å²) in [6, 6.07) is 2.27. The van der Waals surface area contributed by atoms with Gasteiger partial charge in [-0.05, 0) is 31.3 Å². The van der Waals surface area contributed by atoms with Crippen LogP contribution >= 0.6 is 12.2 Å². The minimum absolute atomic E-state index is 0.252. The van der Waals surface area contributed by atoms with Crippen LogP contribution in [0.25, 0.3) is 11.4 Å². The average molecular weight is 274 g/mol. The number of rotatable bonds is 1. The second-order valence-electron chi connectivity index (χ2n) is 3.74. The van der Waals surface area contributed by atoms with Gasteiger partial charge in [0, 0.05) is 18.3 Å². The molecule has 0 saturated carbocycles. The Bertz CT molecular complexity index is 641. The third kappa shape index (κ3) is 2.15. The van der Waals surface area contributed by atoms with E-state index in [9.17, 15) is 13.2 Å². The Morgan fingerprint density at radius 1 is 1.33 bits per heavy atom. The van der Waals surface area contributed by atoms with Gasteiger partial charge < -0.3 is 4.57 Å². The Labute approximate surface area is 105 Å². The van der Waals surface area contributed by atoms with Crippen LogP contribution in [0.2, 0.25) is 0 Å². The molecule has 0 aliphatic heterocycles. The molecule has 0 fully saturated rings. The number of halogens is 3. The molecule has 0 bridgehead atoms. The summed E-state index contributed by atoms with van der Waals surface area (Å²) in [7, 11) is 1.68. The lowest BCUT2D eigenvalue weighted by Crippen LogP contribution is -2.09. The van der Waals surface area contributed by atoms with Crippen LogP contribution < -0.4 is 0 Å². The highest BCUT2D eigenvalue weighted by Gasteiger charge is 2.32. The molecule has 8 heteroatoms. The number of alkyl halides is 3. The Morgan fingerprint density at radius 3 is 2.44 bits per heavy atom. The molecular formula is C10H9F3N4S. The van der Waals surface area contributed by atoms with Gasteiger partial charge in [0.25, 0.3) is 0 Å². The van der Waals surface area contributed by atoms with E-state index in [1.54, 1.807) is 11.6 Å². The predicted molar refractivity (Wildman–Crippen MR) is 61.4 cm³/mol. The number of H-pyrrole nitrogens is 1. The molecule has 0 saturated heterocycles. The highest BCUT2D eigenvalue weighted by atomic mass is 32.1. The number of aryl methyl sites for hydroxylation is 1. The summed E-state index contributed by atoms with van der Waals surface area (Å²) in [6.45, 7) is 1.50. The first-order valence-corrected chi connectivity index (χ1v) is 5.38. The molecule has 18 heavy (non-hydrogen) atoms. The van der Waals surface area contributed by atoms with E-state index in [0.717, 1.165) is 6.07 Å². The highest BCUT2D eigenvalue weighted by Crippen LogP contribution is 2.30. The van der Waals surface area contributed by atoms with Crippen molar-refractivity contribution in [1.29, 1.82) is 0 Å². The highest BCUT2D eigenvalue weighted by molar-refractivity contribution is 7.71. The molecular weight excluding hydrogens is 265 g/mol. The molecule has 0 aliphatic rings. The van der Waals surface area contributed by atoms with Gasteiger partial charge in [-0.15, -0.1) is 0 Å². The number of hydrogen-bond donors (Lipinski definition) is 1. The van der Waals surface area contributed by atoms with Crippen molar-refractivity contribution >= 4 is 12.2 Å². The van der Waals surface area contributed by atoms with Crippen molar-refractivity contribution in [2.45, 2.75) is 13.1 Å². The Morgan fingerprint density at radius 2 is 2.00 bits per heavy atom. The minimum Gasteiger partial charge on any atom is -0.303 e. The largest absolute Gasteiger partial charge is 0.433 e. The maximum absolute atomic E-state index is 12.5. The van der Waals surface area contributed by atoms with Crippen molar-refractivity contribution in [2.75, 3.05) is 0 Å². The number of nitrogens with one attached hydrogen (secondary N) is 1. The quantitative estimate of drug-likeness (QED) is 0.813. The fourth-order valence-electron chi connectivity index (χ4n) is 1.54. The van der Waals surface area contributed by atoms with Crippen molar-refractivity contribution in [2.24, 2.45) is 7.05 Å². The van der Waals surface area contributed by atoms with E-state index < -0.39 is 11.9 Å². The number of aromatic nitrogens is 4. The van der Waals surface area contributed by atoms with E-state index in [-0.39, 0.29) is 5.69 Å². The predicted octanol–water partition coefficient (Wildman–Crippen LogP) is 2.87. The van der Waals surface area contributed by atoms with E-state index in [1.165, 1.54) is 13.0 Å². The van der Waals surface area contributed by atoms with Crippen LogP contribution in [0.1, 0.15) is 11.4 Å². The molecule has 0 radical (unpaired) electrons. The molecule has 96 valence electrons. The molecule has 2 aromatic heterocycles. The third-order valence-corrected chi connectivity index (χ3v) is 2.86. The van der Waals surface area contributed by atoms with Crippen LogP contribution in [-0.4, -0.2) is 19.7 Å². The Balaban J connectivity index is 2.55. The molecule has 4 nitrogen and oxygen atoms in total. The molecule has 0 atom stereocenters.